The van der Waals surface area contributed by atoms with Crippen molar-refractivity contribution in [3.63, 3.8) is 0 Å². The maximum atomic E-state index is 13.5. The van der Waals surface area contributed by atoms with E-state index in [1.165, 1.54) is 12.1 Å². The van der Waals surface area contributed by atoms with E-state index in [9.17, 15) is 9.18 Å². The van der Waals surface area contributed by atoms with Gasteiger partial charge in [0.25, 0.3) is 5.91 Å². The van der Waals surface area contributed by atoms with Crippen LogP contribution in [0.25, 0.3) is 0 Å². The summed E-state index contributed by atoms with van der Waals surface area (Å²) in [5, 5.41) is 2.76. The summed E-state index contributed by atoms with van der Waals surface area (Å²) >= 11 is 0. The van der Waals surface area contributed by atoms with Crippen molar-refractivity contribution >= 4 is 11.6 Å². The molecule has 5 heteroatoms. The second kappa shape index (κ2) is 6.02. The largest absolute Gasteiger partial charge is 0.398 e. The van der Waals surface area contributed by atoms with Crippen LogP contribution in [0.4, 0.5) is 10.1 Å². The van der Waals surface area contributed by atoms with Gasteiger partial charge in [0.2, 0.25) is 0 Å². The van der Waals surface area contributed by atoms with Crippen molar-refractivity contribution in [2.75, 3.05) is 18.9 Å². The average molecular weight is 266 g/mol. The molecule has 0 aliphatic carbocycles. The van der Waals surface area contributed by atoms with E-state index in [1.807, 2.05) is 0 Å². The molecule has 1 aromatic carbocycles. The molecule has 1 aliphatic rings. The molecule has 1 amide bonds. The Morgan fingerprint density at radius 3 is 3.00 bits per heavy atom. The van der Waals surface area contributed by atoms with E-state index in [-0.39, 0.29) is 17.6 Å². The number of nitrogens with two attached hydrogens (primary N) is 1. The van der Waals surface area contributed by atoms with Crippen LogP contribution in [-0.4, -0.2) is 25.2 Å². The van der Waals surface area contributed by atoms with Crippen molar-refractivity contribution in [3.05, 3.63) is 29.1 Å². The first-order chi connectivity index (χ1) is 9.08. The van der Waals surface area contributed by atoms with Crippen LogP contribution in [0.2, 0.25) is 0 Å². The molecule has 1 aliphatic heterocycles. The lowest BCUT2D eigenvalue weighted by molar-refractivity contribution is 0.0907. The lowest BCUT2D eigenvalue weighted by atomic mass is 10.1. The molecule has 1 fully saturated rings. The zero-order valence-electron chi connectivity index (χ0n) is 11.0. The maximum absolute atomic E-state index is 13.5. The van der Waals surface area contributed by atoms with Crippen molar-refractivity contribution in [2.24, 2.45) is 0 Å². The fourth-order valence-corrected chi connectivity index (χ4v) is 2.15. The smallest absolute Gasteiger partial charge is 0.251 e. The van der Waals surface area contributed by atoms with E-state index in [0.717, 1.165) is 25.9 Å². The number of rotatable bonds is 4. The van der Waals surface area contributed by atoms with Gasteiger partial charge in [-0.2, -0.15) is 0 Å². The fraction of sp³-hybridized carbons (Fsp3) is 0.500. The van der Waals surface area contributed by atoms with Gasteiger partial charge in [-0.15, -0.1) is 0 Å². The van der Waals surface area contributed by atoms with Crippen LogP contribution in [0, 0.1) is 12.7 Å². The fourth-order valence-electron chi connectivity index (χ4n) is 2.15. The van der Waals surface area contributed by atoms with Gasteiger partial charge < -0.3 is 15.8 Å². The number of nitrogens with one attached hydrogen (secondary N) is 1. The Labute approximate surface area is 112 Å². The molecule has 0 bridgehead atoms. The molecule has 1 unspecified atom stereocenters. The molecule has 2 rings (SSSR count). The Kier molecular flexibility index (Phi) is 4.37. The van der Waals surface area contributed by atoms with Gasteiger partial charge in [0.15, 0.2) is 0 Å². The predicted octanol–water partition coefficient (Wildman–Crippen LogP) is 2.02. The van der Waals surface area contributed by atoms with Gasteiger partial charge in [0.05, 0.1) is 6.10 Å². The highest BCUT2D eigenvalue weighted by atomic mass is 19.1. The Morgan fingerprint density at radius 2 is 2.37 bits per heavy atom. The van der Waals surface area contributed by atoms with Gasteiger partial charge in [-0.05, 0) is 38.3 Å². The molecule has 1 aromatic rings. The Hall–Kier alpha value is -1.62. The third kappa shape index (κ3) is 3.44. The quantitative estimate of drug-likeness (QED) is 0.819. The zero-order chi connectivity index (χ0) is 13.8. The number of hydrogen-bond acceptors (Lipinski definition) is 3. The Bertz CT molecular complexity index is 448. The van der Waals surface area contributed by atoms with Crippen LogP contribution in [-0.2, 0) is 4.74 Å². The van der Waals surface area contributed by atoms with Crippen molar-refractivity contribution in [1.29, 1.82) is 0 Å². The highest BCUT2D eigenvalue weighted by Gasteiger charge is 2.16. The number of ether oxygens (including phenoxy) is 1. The summed E-state index contributed by atoms with van der Waals surface area (Å²) in [5.74, 6) is -0.757. The monoisotopic (exact) mass is 266 g/mol. The van der Waals surface area contributed by atoms with Gasteiger partial charge in [-0.1, -0.05) is 0 Å². The third-order valence-electron chi connectivity index (χ3n) is 3.42. The molecule has 1 atom stereocenters. The van der Waals surface area contributed by atoms with E-state index in [2.05, 4.69) is 5.32 Å². The molecule has 1 heterocycles. The topological polar surface area (TPSA) is 64.4 Å². The molecular formula is C14H19FN2O2. The van der Waals surface area contributed by atoms with Crippen molar-refractivity contribution in [2.45, 2.75) is 32.3 Å². The first kappa shape index (κ1) is 13.8. The number of benzene rings is 1. The Balaban J connectivity index is 1.88. The summed E-state index contributed by atoms with van der Waals surface area (Å²) in [7, 11) is 0. The summed E-state index contributed by atoms with van der Waals surface area (Å²) in [4.78, 5) is 11.9. The summed E-state index contributed by atoms with van der Waals surface area (Å²) in [6.45, 7) is 2.92. The molecule has 0 aromatic heterocycles. The van der Waals surface area contributed by atoms with Crippen LogP contribution >= 0.6 is 0 Å². The highest BCUT2D eigenvalue weighted by Crippen LogP contribution is 2.18. The minimum atomic E-state index is -0.454. The van der Waals surface area contributed by atoms with Crippen LogP contribution in [0.5, 0.6) is 0 Å². The van der Waals surface area contributed by atoms with Crippen LogP contribution in [0.3, 0.4) is 0 Å². The summed E-state index contributed by atoms with van der Waals surface area (Å²) in [6, 6.07) is 2.72. The normalized spacial score (nSPS) is 18.5. The second-order valence-electron chi connectivity index (χ2n) is 4.85. The molecule has 0 radical (unpaired) electrons. The van der Waals surface area contributed by atoms with Crippen LogP contribution in [0.1, 0.15) is 35.2 Å². The molecule has 0 spiro atoms. The number of hydrogen-bond donors (Lipinski definition) is 2. The number of carbonyl (C=O) groups is 1. The van der Waals surface area contributed by atoms with E-state index in [4.69, 9.17) is 10.5 Å². The SMILES string of the molecule is Cc1c(N)cc(C(=O)NCCC2CCCO2)cc1F. The second-order valence-corrected chi connectivity index (χ2v) is 4.85. The van der Waals surface area contributed by atoms with Gasteiger partial charge in [-0.25, -0.2) is 4.39 Å². The lowest BCUT2D eigenvalue weighted by Crippen LogP contribution is -2.27. The molecule has 19 heavy (non-hydrogen) atoms. The molecule has 1 saturated heterocycles. The van der Waals surface area contributed by atoms with E-state index < -0.39 is 5.82 Å². The minimum Gasteiger partial charge on any atom is -0.398 e. The lowest BCUT2D eigenvalue weighted by Gasteiger charge is -2.11. The van der Waals surface area contributed by atoms with E-state index in [0.29, 0.717) is 17.8 Å². The predicted molar refractivity (Wildman–Crippen MR) is 71.5 cm³/mol. The highest BCUT2D eigenvalue weighted by molar-refractivity contribution is 5.95. The van der Waals surface area contributed by atoms with E-state index >= 15 is 0 Å². The van der Waals surface area contributed by atoms with E-state index in [1.54, 1.807) is 6.92 Å². The minimum absolute atomic E-state index is 0.236. The number of amides is 1. The first-order valence-corrected chi connectivity index (χ1v) is 6.53. The first-order valence-electron chi connectivity index (χ1n) is 6.53. The van der Waals surface area contributed by atoms with Crippen molar-refractivity contribution < 1.29 is 13.9 Å². The van der Waals surface area contributed by atoms with Gasteiger partial charge in [0.1, 0.15) is 5.82 Å². The molecule has 104 valence electrons. The molecule has 3 N–H and O–H groups in total. The number of nitrogen functional groups attached to an aromatic ring is 1. The van der Waals surface area contributed by atoms with Gasteiger partial charge in [0, 0.05) is 30.0 Å². The summed E-state index contributed by atoms with van der Waals surface area (Å²) in [6.07, 6.45) is 3.15. The summed E-state index contributed by atoms with van der Waals surface area (Å²) in [5.41, 5.74) is 6.57. The third-order valence-corrected chi connectivity index (χ3v) is 3.42. The molecular weight excluding hydrogens is 247 g/mol. The number of halogens is 1. The average Bonchev–Trinajstić information content (AvgIpc) is 2.88. The maximum Gasteiger partial charge on any atom is 0.251 e. The molecule has 4 nitrogen and oxygen atoms in total. The standard InChI is InChI=1S/C14H19FN2O2/c1-9-12(15)7-10(8-13(9)16)14(18)17-5-4-11-3-2-6-19-11/h7-8,11H,2-6,16H2,1H3,(H,17,18). The number of carbonyl (C=O) groups excluding carboxylic acids is 1. The van der Waals surface area contributed by atoms with Crippen molar-refractivity contribution in [1.82, 2.24) is 5.32 Å². The van der Waals surface area contributed by atoms with Gasteiger partial charge >= 0.3 is 0 Å². The van der Waals surface area contributed by atoms with Crippen LogP contribution in [0.15, 0.2) is 12.1 Å². The van der Waals surface area contributed by atoms with Crippen molar-refractivity contribution in [3.8, 4) is 0 Å². The Morgan fingerprint density at radius 1 is 1.58 bits per heavy atom. The van der Waals surface area contributed by atoms with Gasteiger partial charge in [-0.3, -0.25) is 4.79 Å². The van der Waals surface area contributed by atoms with Crippen LogP contribution < -0.4 is 11.1 Å². The zero-order valence-corrected chi connectivity index (χ0v) is 11.0. The molecule has 0 saturated carbocycles. The summed E-state index contributed by atoms with van der Waals surface area (Å²) < 4.78 is 19.0. The number of anilines is 1.